The number of urea groups is 1. The summed E-state index contributed by atoms with van der Waals surface area (Å²) in [6, 6.07) is 7.56. The molecule has 1 fully saturated rings. The summed E-state index contributed by atoms with van der Waals surface area (Å²) in [4.78, 5) is 16.3. The van der Waals surface area contributed by atoms with E-state index in [1.54, 1.807) is 12.0 Å². The zero-order valence-corrected chi connectivity index (χ0v) is 15.9. The summed E-state index contributed by atoms with van der Waals surface area (Å²) in [7, 11) is 5.57. The lowest BCUT2D eigenvalue weighted by Crippen LogP contribution is -2.43. The second-order valence-electron chi connectivity index (χ2n) is 7.23. The molecule has 0 aliphatic carbocycles. The highest BCUT2D eigenvalue weighted by atomic mass is 16.5. The van der Waals surface area contributed by atoms with E-state index in [-0.39, 0.29) is 11.4 Å². The fourth-order valence-corrected chi connectivity index (χ4v) is 3.16. The lowest BCUT2D eigenvalue weighted by molar-refractivity contribution is 0.195. The molecule has 1 heterocycles. The van der Waals surface area contributed by atoms with E-state index in [1.807, 2.05) is 31.3 Å². The summed E-state index contributed by atoms with van der Waals surface area (Å²) in [6.07, 6.45) is 1.89. The molecule has 0 aromatic heterocycles. The van der Waals surface area contributed by atoms with Crippen molar-refractivity contribution in [3.05, 3.63) is 24.3 Å². The van der Waals surface area contributed by atoms with Crippen LogP contribution in [0.3, 0.4) is 0 Å². The molecule has 140 valence electrons. The van der Waals surface area contributed by atoms with Crippen molar-refractivity contribution in [3.63, 3.8) is 0 Å². The highest BCUT2D eigenvalue weighted by Crippen LogP contribution is 2.28. The van der Waals surface area contributed by atoms with Crippen molar-refractivity contribution >= 4 is 6.03 Å². The number of para-hydroxylation sites is 2. The first-order valence-corrected chi connectivity index (χ1v) is 8.87. The van der Waals surface area contributed by atoms with Crippen molar-refractivity contribution in [1.82, 2.24) is 15.1 Å². The summed E-state index contributed by atoms with van der Waals surface area (Å²) in [5, 5.41) is 3.06. The van der Waals surface area contributed by atoms with Gasteiger partial charge in [-0.05, 0) is 44.0 Å². The largest absolute Gasteiger partial charge is 0.493 e. The Morgan fingerprint density at radius 3 is 2.72 bits per heavy atom. The standard InChI is InChI=1S/C19H31N3O3/c1-19(10-12-21(2)15-19)14-20-18(23)22(3)11-7-13-25-17-9-6-5-8-16(17)24-4/h5-6,8-9H,7,10-15H2,1-4H3,(H,20,23)/t19-/m1/s1. The number of rotatable bonds is 8. The van der Waals surface area contributed by atoms with E-state index < -0.39 is 0 Å². The number of carbonyl (C=O) groups excluding carboxylic acids is 1. The third kappa shape index (κ3) is 5.81. The number of hydrogen-bond donors (Lipinski definition) is 1. The van der Waals surface area contributed by atoms with Crippen molar-refractivity contribution in [3.8, 4) is 11.5 Å². The molecule has 1 aliphatic rings. The average molecular weight is 349 g/mol. The van der Waals surface area contributed by atoms with Gasteiger partial charge in [-0.15, -0.1) is 0 Å². The lowest BCUT2D eigenvalue weighted by atomic mass is 9.90. The van der Waals surface area contributed by atoms with E-state index >= 15 is 0 Å². The van der Waals surface area contributed by atoms with Crippen LogP contribution in [0.15, 0.2) is 24.3 Å². The molecule has 0 radical (unpaired) electrons. The summed E-state index contributed by atoms with van der Waals surface area (Å²) >= 11 is 0. The van der Waals surface area contributed by atoms with E-state index in [1.165, 1.54) is 0 Å². The Bertz CT molecular complexity index is 567. The maximum Gasteiger partial charge on any atom is 0.317 e. The van der Waals surface area contributed by atoms with Crippen molar-refractivity contribution in [2.45, 2.75) is 19.8 Å². The summed E-state index contributed by atoms with van der Waals surface area (Å²) in [5.41, 5.74) is 0.179. The first-order valence-electron chi connectivity index (χ1n) is 8.87. The fourth-order valence-electron chi connectivity index (χ4n) is 3.16. The molecule has 2 amide bonds. The average Bonchev–Trinajstić information content (AvgIpc) is 2.96. The number of ether oxygens (including phenoxy) is 2. The molecule has 6 nitrogen and oxygen atoms in total. The molecule has 1 N–H and O–H groups in total. The molecule has 0 bridgehead atoms. The molecule has 0 saturated carbocycles. The number of benzene rings is 1. The van der Waals surface area contributed by atoms with Gasteiger partial charge in [0.05, 0.1) is 13.7 Å². The van der Waals surface area contributed by atoms with Crippen LogP contribution in [0, 0.1) is 5.41 Å². The highest BCUT2D eigenvalue weighted by molar-refractivity contribution is 5.73. The SMILES string of the molecule is COc1ccccc1OCCCN(C)C(=O)NC[C@@]1(C)CCN(C)C1. The normalized spacial score (nSPS) is 20.3. The van der Waals surface area contributed by atoms with Gasteiger partial charge in [-0.1, -0.05) is 19.1 Å². The molecule has 0 unspecified atom stereocenters. The zero-order chi connectivity index (χ0) is 18.3. The van der Waals surface area contributed by atoms with Crippen LogP contribution in [0.2, 0.25) is 0 Å². The van der Waals surface area contributed by atoms with Crippen LogP contribution in [0.25, 0.3) is 0 Å². The molecule has 2 rings (SSSR count). The van der Waals surface area contributed by atoms with E-state index in [9.17, 15) is 4.79 Å². The Morgan fingerprint density at radius 2 is 2.08 bits per heavy atom. The molecule has 1 aromatic rings. The molecule has 6 heteroatoms. The first-order chi connectivity index (χ1) is 11.9. The fraction of sp³-hybridized carbons (Fsp3) is 0.632. The molecule has 0 spiro atoms. The lowest BCUT2D eigenvalue weighted by Gasteiger charge is -2.26. The molecular weight excluding hydrogens is 318 g/mol. The van der Waals surface area contributed by atoms with Crippen LogP contribution in [0.5, 0.6) is 11.5 Å². The number of amides is 2. The Kier molecular flexibility index (Phi) is 6.93. The first kappa shape index (κ1) is 19.4. The van der Waals surface area contributed by atoms with E-state index in [4.69, 9.17) is 9.47 Å². The molecule has 25 heavy (non-hydrogen) atoms. The third-order valence-corrected chi connectivity index (χ3v) is 4.73. The number of methoxy groups -OCH3 is 1. The Morgan fingerprint density at radius 1 is 1.36 bits per heavy atom. The predicted molar refractivity (Wildman–Crippen MR) is 99.4 cm³/mol. The van der Waals surface area contributed by atoms with Crippen LogP contribution < -0.4 is 14.8 Å². The zero-order valence-electron chi connectivity index (χ0n) is 15.9. The quantitative estimate of drug-likeness (QED) is 0.733. The smallest absolute Gasteiger partial charge is 0.317 e. The molecule has 1 atom stereocenters. The maximum absolute atomic E-state index is 12.2. The number of nitrogens with zero attached hydrogens (tertiary/aromatic N) is 2. The summed E-state index contributed by atoms with van der Waals surface area (Å²) < 4.78 is 11.0. The van der Waals surface area contributed by atoms with Gasteiger partial charge in [-0.25, -0.2) is 4.79 Å². The summed E-state index contributed by atoms with van der Waals surface area (Å²) in [5.74, 6) is 1.46. The van der Waals surface area contributed by atoms with Crippen molar-refractivity contribution in [1.29, 1.82) is 0 Å². The van der Waals surface area contributed by atoms with Crippen LogP contribution >= 0.6 is 0 Å². The molecule has 1 saturated heterocycles. The minimum Gasteiger partial charge on any atom is -0.493 e. The Balaban J connectivity index is 1.66. The van der Waals surface area contributed by atoms with Crippen molar-refractivity contribution in [2.75, 3.05) is 54.0 Å². The van der Waals surface area contributed by atoms with Gasteiger partial charge in [0.1, 0.15) is 0 Å². The molecular formula is C19H31N3O3. The van der Waals surface area contributed by atoms with Gasteiger partial charge < -0.3 is 24.6 Å². The van der Waals surface area contributed by atoms with E-state index in [0.717, 1.165) is 44.0 Å². The maximum atomic E-state index is 12.2. The number of hydrogen-bond acceptors (Lipinski definition) is 4. The second-order valence-corrected chi connectivity index (χ2v) is 7.23. The van der Waals surface area contributed by atoms with Gasteiger partial charge in [0.15, 0.2) is 11.5 Å². The van der Waals surface area contributed by atoms with Crippen LogP contribution in [-0.2, 0) is 0 Å². The van der Waals surface area contributed by atoms with Crippen LogP contribution in [0.1, 0.15) is 19.8 Å². The van der Waals surface area contributed by atoms with Crippen LogP contribution in [0.4, 0.5) is 4.79 Å². The minimum absolute atomic E-state index is 0.0203. The van der Waals surface area contributed by atoms with Gasteiger partial charge in [-0.3, -0.25) is 0 Å². The van der Waals surface area contributed by atoms with Crippen molar-refractivity contribution in [2.24, 2.45) is 5.41 Å². The molecule has 1 aliphatic heterocycles. The van der Waals surface area contributed by atoms with E-state index in [0.29, 0.717) is 13.2 Å². The number of nitrogens with one attached hydrogen (secondary N) is 1. The van der Waals surface area contributed by atoms with Gasteiger partial charge in [0.25, 0.3) is 0 Å². The van der Waals surface area contributed by atoms with Gasteiger partial charge >= 0.3 is 6.03 Å². The molecule has 1 aromatic carbocycles. The number of carbonyl (C=O) groups is 1. The van der Waals surface area contributed by atoms with Crippen molar-refractivity contribution < 1.29 is 14.3 Å². The Labute approximate surface area is 151 Å². The number of likely N-dealkylation sites (tertiary alicyclic amines) is 1. The van der Waals surface area contributed by atoms with Gasteiger partial charge in [-0.2, -0.15) is 0 Å². The third-order valence-electron chi connectivity index (χ3n) is 4.73. The second kappa shape index (κ2) is 8.94. The topological polar surface area (TPSA) is 54.0 Å². The van der Waals surface area contributed by atoms with Gasteiger partial charge in [0, 0.05) is 26.7 Å². The van der Waals surface area contributed by atoms with Crippen LogP contribution in [-0.4, -0.2) is 69.8 Å². The predicted octanol–water partition coefficient (Wildman–Crippen LogP) is 2.45. The van der Waals surface area contributed by atoms with Gasteiger partial charge in [0.2, 0.25) is 0 Å². The minimum atomic E-state index is -0.0203. The summed E-state index contributed by atoms with van der Waals surface area (Å²) in [6.45, 7) is 6.28. The van der Waals surface area contributed by atoms with E-state index in [2.05, 4.69) is 24.2 Å². The highest BCUT2D eigenvalue weighted by Gasteiger charge is 2.32. The Hall–Kier alpha value is -1.95. The monoisotopic (exact) mass is 349 g/mol.